The van der Waals surface area contributed by atoms with Gasteiger partial charge in [0.05, 0.1) is 12.2 Å². The second-order valence-electron chi connectivity index (χ2n) is 6.68. The van der Waals surface area contributed by atoms with Gasteiger partial charge in [0.25, 0.3) is 0 Å². The number of urea groups is 1. The van der Waals surface area contributed by atoms with Crippen LogP contribution in [0, 0.1) is 0 Å². The first kappa shape index (κ1) is 16.1. The van der Waals surface area contributed by atoms with Crippen molar-refractivity contribution in [2.45, 2.75) is 50.5 Å². The Morgan fingerprint density at radius 3 is 2.87 bits per heavy atom. The van der Waals surface area contributed by atoms with Crippen LogP contribution >= 0.6 is 0 Å². The Hall–Kier alpha value is -1.75. The summed E-state index contributed by atoms with van der Waals surface area (Å²) in [5.74, 6) is 0.986. The van der Waals surface area contributed by atoms with Gasteiger partial charge in [0, 0.05) is 19.5 Å². The van der Waals surface area contributed by atoms with Crippen molar-refractivity contribution < 1.29 is 14.6 Å². The number of amides is 2. The van der Waals surface area contributed by atoms with Crippen molar-refractivity contribution in [3.8, 4) is 5.75 Å². The van der Waals surface area contributed by atoms with E-state index in [0.29, 0.717) is 13.1 Å². The molecule has 0 atom stereocenters. The highest BCUT2D eigenvalue weighted by Crippen LogP contribution is 2.27. The largest absolute Gasteiger partial charge is 0.493 e. The molecule has 1 aromatic carbocycles. The van der Waals surface area contributed by atoms with E-state index in [9.17, 15) is 9.90 Å². The van der Waals surface area contributed by atoms with Crippen LogP contribution in [0.2, 0.25) is 0 Å². The highest BCUT2D eigenvalue weighted by molar-refractivity contribution is 5.73. The average Bonchev–Trinajstić information content (AvgIpc) is 3.01. The van der Waals surface area contributed by atoms with Crippen LogP contribution in [0.1, 0.15) is 43.2 Å². The Morgan fingerprint density at radius 1 is 1.22 bits per heavy atom. The zero-order valence-corrected chi connectivity index (χ0v) is 13.6. The summed E-state index contributed by atoms with van der Waals surface area (Å²) < 4.78 is 5.49. The first-order chi connectivity index (χ1) is 11.1. The molecule has 23 heavy (non-hydrogen) atoms. The highest BCUT2D eigenvalue weighted by Gasteiger charge is 2.29. The molecule has 0 unspecified atom stereocenters. The molecular formula is C18H26N2O3. The number of rotatable bonds is 5. The van der Waals surface area contributed by atoms with Gasteiger partial charge in [0.2, 0.25) is 0 Å². The maximum absolute atomic E-state index is 11.9. The van der Waals surface area contributed by atoms with Gasteiger partial charge in [-0.1, -0.05) is 31.4 Å². The van der Waals surface area contributed by atoms with Crippen molar-refractivity contribution >= 4 is 6.03 Å². The third-order valence-electron chi connectivity index (χ3n) is 4.82. The summed E-state index contributed by atoms with van der Waals surface area (Å²) in [5.41, 5.74) is 1.75. The Morgan fingerprint density at radius 2 is 2.04 bits per heavy atom. The zero-order chi connectivity index (χ0) is 16.1. The summed E-state index contributed by atoms with van der Waals surface area (Å²) in [6.45, 7) is 1.70. The predicted molar refractivity (Wildman–Crippen MR) is 88.8 cm³/mol. The minimum absolute atomic E-state index is 0.200. The summed E-state index contributed by atoms with van der Waals surface area (Å²) >= 11 is 0. The van der Waals surface area contributed by atoms with Gasteiger partial charge in [-0.05, 0) is 36.5 Å². The molecule has 1 fully saturated rings. The van der Waals surface area contributed by atoms with E-state index < -0.39 is 5.60 Å². The van der Waals surface area contributed by atoms with E-state index in [0.717, 1.165) is 50.9 Å². The predicted octanol–water partition coefficient (Wildman–Crippen LogP) is 2.16. The van der Waals surface area contributed by atoms with Crippen LogP contribution in [0.25, 0.3) is 0 Å². The molecule has 1 aliphatic carbocycles. The second-order valence-corrected chi connectivity index (χ2v) is 6.68. The molecule has 0 saturated heterocycles. The summed E-state index contributed by atoms with van der Waals surface area (Å²) in [6, 6.07) is 6.02. The number of ether oxygens (including phenoxy) is 1. The summed E-state index contributed by atoms with van der Waals surface area (Å²) in [7, 11) is 0. The molecular weight excluding hydrogens is 292 g/mol. The molecule has 0 spiro atoms. The number of carbonyl (C=O) groups is 1. The van der Waals surface area contributed by atoms with Crippen LogP contribution in [-0.2, 0) is 12.8 Å². The van der Waals surface area contributed by atoms with Gasteiger partial charge in [0.1, 0.15) is 5.75 Å². The number of aliphatic hydroxyl groups is 1. The molecule has 5 nitrogen and oxygen atoms in total. The normalized spacial score (nSPS) is 18.8. The lowest BCUT2D eigenvalue weighted by atomic mass is 9.85. The van der Waals surface area contributed by atoms with Gasteiger partial charge >= 0.3 is 6.03 Å². The average molecular weight is 318 g/mol. The smallest absolute Gasteiger partial charge is 0.314 e. The molecule has 2 aliphatic rings. The van der Waals surface area contributed by atoms with Crippen molar-refractivity contribution in [1.82, 2.24) is 10.6 Å². The molecule has 1 aliphatic heterocycles. The molecule has 1 heterocycles. The van der Waals surface area contributed by atoms with Crippen LogP contribution in [0.5, 0.6) is 5.75 Å². The summed E-state index contributed by atoms with van der Waals surface area (Å²) in [5, 5.41) is 16.0. The van der Waals surface area contributed by atoms with Gasteiger partial charge in [0.15, 0.2) is 0 Å². The number of benzene rings is 1. The molecule has 1 saturated carbocycles. The minimum atomic E-state index is -0.713. The van der Waals surface area contributed by atoms with E-state index in [-0.39, 0.29) is 6.03 Å². The molecule has 0 radical (unpaired) electrons. The molecule has 126 valence electrons. The quantitative estimate of drug-likeness (QED) is 0.779. The number of fused-ring (bicyclic) bond motifs is 1. The van der Waals surface area contributed by atoms with Gasteiger partial charge in [-0.25, -0.2) is 4.79 Å². The lowest BCUT2D eigenvalue weighted by Gasteiger charge is -2.32. The van der Waals surface area contributed by atoms with E-state index in [1.165, 1.54) is 17.5 Å². The topological polar surface area (TPSA) is 70.6 Å². The molecule has 1 aromatic rings. The summed E-state index contributed by atoms with van der Waals surface area (Å²) in [4.78, 5) is 11.9. The van der Waals surface area contributed by atoms with Gasteiger partial charge in [-0.15, -0.1) is 0 Å². The first-order valence-electron chi connectivity index (χ1n) is 8.63. The fourth-order valence-electron chi connectivity index (χ4n) is 3.41. The Bertz CT molecular complexity index is 553. The van der Waals surface area contributed by atoms with Crippen molar-refractivity contribution in [1.29, 1.82) is 0 Å². The molecule has 0 aromatic heterocycles. The van der Waals surface area contributed by atoms with E-state index in [2.05, 4.69) is 22.8 Å². The number of hydrogen-bond acceptors (Lipinski definition) is 3. The van der Waals surface area contributed by atoms with E-state index in [4.69, 9.17) is 4.74 Å². The minimum Gasteiger partial charge on any atom is -0.493 e. The Balaban J connectivity index is 1.37. The maximum atomic E-state index is 11.9. The van der Waals surface area contributed by atoms with Crippen LogP contribution in [0.3, 0.4) is 0 Å². The van der Waals surface area contributed by atoms with E-state index >= 15 is 0 Å². The Kier molecular flexibility index (Phi) is 5.06. The lowest BCUT2D eigenvalue weighted by molar-refractivity contribution is 0.00720. The molecule has 3 rings (SSSR count). The molecule has 5 heteroatoms. The van der Waals surface area contributed by atoms with Crippen LogP contribution < -0.4 is 15.4 Å². The molecule has 3 N–H and O–H groups in total. The number of hydrogen-bond donors (Lipinski definition) is 3. The maximum Gasteiger partial charge on any atom is 0.314 e. The van der Waals surface area contributed by atoms with Crippen molar-refractivity contribution in [2.24, 2.45) is 0 Å². The fraction of sp³-hybridized carbons (Fsp3) is 0.611. The van der Waals surface area contributed by atoms with Crippen LogP contribution in [-0.4, -0.2) is 36.4 Å². The fourth-order valence-corrected chi connectivity index (χ4v) is 3.41. The van der Waals surface area contributed by atoms with Crippen LogP contribution in [0.15, 0.2) is 18.2 Å². The monoisotopic (exact) mass is 318 g/mol. The van der Waals surface area contributed by atoms with Crippen molar-refractivity contribution in [3.63, 3.8) is 0 Å². The zero-order valence-electron chi connectivity index (χ0n) is 13.6. The van der Waals surface area contributed by atoms with Crippen molar-refractivity contribution in [3.05, 3.63) is 29.3 Å². The van der Waals surface area contributed by atoms with E-state index in [1.807, 2.05) is 6.07 Å². The lowest BCUT2D eigenvalue weighted by Crippen LogP contribution is -2.47. The van der Waals surface area contributed by atoms with Crippen LogP contribution in [0.4, 0.5) is 4.79 Å². The first-order valence-corrected chi connectivity index (χ1v) is 8.63. The standard InChI is InChI=1S/C18H26N2O3/c21-17(20-13-18(22)8-2-1-3-9-18)19-10-6-14-4-5-16-15(12-14)7-11-23-16/h4-5,12,22H,1-3,6-11,13H2,(H2,19,20,21). The number of carbonyl (C=O) groups excluding carboxylic acids is 1. The second kappa shape index (κ2) is 7.21. The Labute approximate surface area is 137 Å². The van der Waals surface area contributed by atoms with E-state index in [1.54, 1.807) is 0 Å². The molecule has 0 bridgehead atoms. The SMILES string of the molecule is O=C(NCCc1ccc2c(c1)CCO2)NCC1(O)CCCCC1. The highest BCUT2D eigenvalue weighted by atomic mass is 16.5. The van der Waals surface area contributed by atoms with Gasteiger partial charge < -0.3 is 20.5 Å². The van der Waals surface area contributed by atoms with Crippen molar-refractivity contribution in [2.75, 3.05) is 19.7 Å². The summed E-state index contributed by atoms with van der Waals surface area (Å²) in [6.07, 6.45) is 6.60. The number of nitrogens with one attached hydrogen (secondary N) is 2. The third-order valence-corrected chi connectivity index (χ3v) is 4.82. The molecule has 2 amide bonds. The third kappa shape index (κ3) is 4.38. The van der Waals surface area contributed by atoms with Gasteiger partial charge in [-0.2, -0.15) is 0 Å². The van der Waals surface area contributed by atoms with Gasteiger partial charge in [-0.3, -0.25) is 0 Å².